The molecule has 6 aliphatic rings. The molecule has 7 rings (SSSR count). The van der Waals surface area contributed by atoms with Gasteiger partial charge in [0.1, 0.15) is 0 Å². The third-order valence-electron chi connectivity index (χ3n) is 6.61. The minimum absolute atomic E-state index is 0.0294. The Morgan fingerprint density at radius 3 is 2.52 bits per heavy atom. The van der Waals surface area contributed by atoms with Gasteiger partial charge in [-0.15, -0.1) is 0 Å². The van der Waals surface area contributed by atoms with Crippen molar-refractivity contribution in [1.82, 2.24) is 9.21 Å². The molecule has 6 heterocycles. The molecule has 6 fully saturated rings. The van der Waals surface area contributed by atoms with E-state index in [0.717, 1.165) is 12.2 Å². The van der Waals surface area contributed by atoms with Crippen LogP contribution in [0.15, 0.2) is 30.3 Å². The van der Waals surface area contributed by atoms with Crippen LogP contribution >= 0.6 is 0 Å². The van der Waals surface area contributed by atoms with E-state index in [1.165, 1.54) is 0 Å². The second-order valence-corrected chi connectivity index (χ2v) is 20.3. The average molecular weight is 538 g/mol. The molecule has 6 saturated heterocycles. The molecule has 31 heavy (non-hydrogen) atoms. The number of nitrogens with zero attached hydrogens (tertiary/aromatic N) is 2. The molecular weight excluding hydrogens is 510 g/mol. The SMILES string of the molecule is CC(C)(C)S(=O)(=O)N1CCCOC[C]23[Co]4[Co]2[C]43C12CN(C(=O)OCc1ccccc1)C2. The molecule has 0 radical (unpaired) electrons. The number of carbonyl (C=O) groups is 1. The molecule has 1 aromatic carbocycles. The molecule has 3 spiro atoms. The fourth-order valence-corrected chi connectivity index (χ4v) is 21.7. The van der Waals surface area contributed by atoms with Gasteiger partial charge in [0.05, 0.1) is 0 Å². The standard InChI is InChI=1S/C21H28N2O5S.2Co/c1-20(2,3)29(25,26)23-12-8-14-27-13-7-11-21(23)16-22(17-21)19(24)28-15-18-9-5-4-6-10-18;;/h4-6,9-10H,8,12-17H2,1-3H3;;. The van der Waals surface area contributed by atoms with E-state index in [0.29, 0.717) is 35.9 Å². The Labute approximate surface area is 190 Å². The van der Waals surface area contributed by atoms with E-state index < -0.39 is 20.3 Å². The predicted molar refractivity (Wildman–Crippen MR) is 107 cm³/mol. The molecule has 176 valence electrons. The average Bonchev–Trinajstić information content (AvgIpc) is 3.58. The molecule has 0 N–H and O–H groups in total. The minimum atomic E-state index is -3.52. The molecule has 10 heteroatoms. The topological polar surface area (TPSA) is 76.2 Å². The Kier molecular flexibility index (Phi) is 4.24. The molecule has 6 aliphatic heterocycles. The fourth-order valence-electron chi connectivity index (χ4n) is 4.77. The summed E-state index contributed by atoms with van der Waals surface area (Å²) in [5.74, 6) is 0. The summed E-state index contributed by atoms with van der Waals surface area (Å²) in [5, 5.41) is 0. The van der Waals surface area contributed by atoms with E-state index in [1.54, 1.807) is 30.0 Å². The van der Waals surface area contributed by atoms with Crippen molar-refractivity contribution < 1.29 is 46.5 Å². The first-order chi connectivity index (χ1) is 14.6. The molecule has 0 saturated carbocycles. The summed E-state index contributed by atoms with van der Waals surface area (Å²) < 4.78 is 40.2. The van der Waals surface area contributed by atoms with E-state index in [2.05, 4.69) is 0 Å². The van der Waals surface area contributed by atoms with E-state index >= 15 is 0 Å². The Hall–Kier alpha value is -0.627. The Bertz CT molecular complexity index is 1040. The van der Waals surface area contributed by atoms with Crippen LogP contribution in [-0.4, -0.2) is 66.9 Å². The molecule has 0 bridgehead atoms. The van der Waals surface area contributed by atoms with Gasteiger partial charge in [0, 0.05) is 0 Å². The maximum absolute atomic E-state index is 13.7. The van der Waals surface area contributed by atoms with Gasteiger partial charge >= 0.3 is 191 Å². The zero-order valence-electron chi connectivity index (χ0n) is 17.8. The van der Waals surface area contributed by atoms with Crippen molar-refractivity contribution in [1.29, 1.82) is 0 Å². The third kappa shape index (κ3) is 2.47. The molecular formula is C21H28Co2N2O5S. The summed E-state index contributed by atoms with van der Waals surface area (Å²) >= 11 is -0.0589. The normalized spacial score (nSPS) is 35.1. The van der Waals surface area contributed by atoms with Gasteiger partial charge in [-0.25, -0.2) is 0 Å². The molecule has 7 nitrogen and oxygen atoms in total. The molecule has 0 aliphatic carbocycles. The number of hydrogen-bond donors (Lipinski definition) is 0. The van der Waals surface area contributed by atoms with Gasteiger partial charge in [0.25, 0.3) is 0 Å². The molecule has 1 aromatic rings. The number of benzene rings is 1. The Morgan fingerprint density at radius 2 is 1.87 bits per heavy atom. The number of ether oxygens (including phenoxy) is 2. The zero-order valence-corrected chi connectivity index (χ0v) is 20.7. The van der Waals surface area contributed by atoms with Crippen LogP contribution in [0.1, 0.15) is 32.8 Å². The number of carbonyl (C=O) groups excluding carboxylic acids is 1. The monoisotopic (exact) mass is 538 g/mol. The second kappa shape index (κ2) is 6.28. The summed E-state index contributed by atoms with van der Waals surface area (Å²) in [6, 6.07) is 9.62. The van der Waals surface area contributed by atoms with Crippen molar-refractivity contribution in [2.45, 2.75) is 50.7 Å². The molecule has 1 amide bonds. The third-order valence-corrected chi connectivity index (χ3v) is 21.6. The van der Waals surface area contributed by atoms with Crippen molar-refractivity contribution in [3.63, 3.8) is 0 Å². The van der Waals surface area contributed by atoms with E-state index in [4.69, 9.17) is 9.47 Å². The number of hydrogen-bond acceptors (Lipinski definition) is 5. The second-order valence-electron chi connectivity index (χ2n) is 9.56. The molecule has 0 atom stereocenters. The van der Waals surface area contributed by atoms with E-state index in [1.807, 2.05) is 30.3 Å². The zero-order chi connectivity index (χ0) is 21.9. The van der Waals surface area contributed by atoms with Gasteiger partial charge in [-0.3, -0.25) is 0 Å². The van der Waals surface area contributed by atoms with E-state index in [-0.39, 0.29) is 39.8 Å². The predicted octanol–water partition coefficient (Wildman–Crippen LogP) is 2.65. The summed E-state index contributed by atoms with van der Waals surface area (Å²) in [4.78, 5) is 14.5. The van der Waals surface area contributed by atoms with Crippen LogP contribution in [0.25, 0.3) is 0 Å². The maximum atomic E-state index is 13.7. The van der Waals surface area contributed by atoms with Crippen molar-refractivity contribution in [3.8, 4) is 0 Å². The van der Waals surface area contributed by atoms with Crippen LogP contribution < -0.4 is 0 Å². The van der Waals surface area contributed by atoms with Crippen LogP contribution in [0.2, 0.25) is 6.57 Å². The number of likely N-dealkylation sites (tertiary alicyclic amines) is 1. The van der Waals surface area contributed by atoms with Crippen molar-refractivity contribution in [2.75, 3.05) is 32.8 Å². The molecule has 0 unspecified atom stereocenters. The number of amides is 1. The Morgan fingerprint density at radius 1 is 1.19 bits per heavy atom. The summed E-state index contributed by atoms with van der Waals surface area (Å²) in [5.41, 5.74) is 0.495. The van der Waals surface area contributed by atoms with Crippen LogP contribution in [0.5, 0.6) is 0 Å². The van der Waals surface area contributed by atoms with Crippen LogP contribution in [0.4, 0.5) is 4.79 Å². The van der Waals surface area contributed by atoms with E-state index in [9.17, 15) is 13.2 Å². The van der Waals surface area contributed by atoms with Gasteiger partial charge in [-0.1, -0.05) is 0 Å². The van der Waals surface area contributed by atoms with Crippen molar-refractivity contribution in [3.05, 3.63) is 35.9 Å². The van der Waals surface area contributed by atoms with Crippen molar-refractivity contribution >= 4 is 16.1 Å². The van der Waals surface area contributed by atoms with Gasteiger partial charge in [0.2, 0.25) is 0 Å². The van der Waals surface area contributed by atoms with Crippen LogP contribution in [-0.2, 0) is 49.9 Å². The van der Waals surface area contributed by atoms with Gasteiger partial charge in [-0.2, -0.15) is 0 Å². The summed E-state index contributed by atoms with van der Waals surface area (Å²) in [7, 11) is -3.52. The van der Waals surface area contributed by atoms with Crippen LogP contribution in [0, 0.1) is 0 Å². The first-order valence-electron chi connectivity index (χ1n) is 10.5. The van der Waals surface area contributed by atoms with Gasteiger partial charge < -0.3 is 0 Å². The Balaban J connectivity index is 1.25. The first-order valence-corrected chi connectivity index (χ1v) is 15.8. The summed E-state index contributed by atoms with van der Waals surface area (Å²) in [6.45, 7) is 8.34. The van der Waals surface area contributed by atoms with Crippen molar-refractivity contribution in [2.24, 2.45) is 0 Å². The first kappa shape index (κ1) is 20.9. The van der Waals surface area contributed by atoms with Gasteiger partial charge in [0.15, 0.2) is 0 Å². The van der Waals surface area contributed by atoms with Gasteiger partial charge in [-0.05, 0) is 0 Å². The quantitative estimate of drug-likeness (QED) is 0.592. The fraction of sp³-hybridized carbons (Fsp3) is 0.667. The summed E-state index contributed by atoms with van der Waals surface area (Å²) in [6.07, 6.45) is 0.341. The number of sulfonamides is 1. The number of rotatable bonds is 3. The van der Waals surface area contributed by atoms with Crippen LogP contribution in [0.3, 0.4) is 0 Å². The molecule has 0 aromatic heterocycles.